The maximum absolute atomic E-state index is 12.7. The summed E-state index contributed by atoms with van der Waals surface area (Å²) < 4.78 is 49.8. The van der Waals surface area contributed by atoms with Crippen LogP contribution in [0.4, 0.5) is 0 Å². The summed E-state index contributed by atoms with van der Waals surface area (Å²) in [7, 11) is -6.80. The Morgan fingerprint density at radius 2 is 2.05 bits per heavy atom. The van der Waals surface area contributed by atoms with Crippen molar-refractivity contribution < 1.29 is 16.8 Å². The summed E-state index contributed by atoms with van der Waals surface area (Å²) in [5, 5.41) is 1.77. The zero-order chi connectivity index (χ0) is 15.0. The van der Waals surface area contributed by atoms with Crippen LogP contribution in [0.15, 0.2) is 10.3 Å². The molecule has 0 aromatic carbocycles. The number of sulfonamides is 1. The largest absolute Gasteiger partial charge is 0.326 e. The highest BCUT2D eigenvalue weighted by Crippen LogP contribution is 2.29. The standard InChI is InChI=1S/C11H18N2O4S3/c1-9-8-18-10(7-12)11(9)20(16,17)13-3-2-5-19(14,15)6-4-13/h8H,2-7,12H2,1H3. The first-order valence-corrected chi connectivity index (χ1v) is 10.4. The van der Waals surface area contributed by atoms with Crippen LogP contribution in [-0.2, 0) is 26.4 Å². The van der Waals surface area contributed by atoms with Crippen molar-refractivity contribution in [3.8, 4) is 0 Å². The van der Waals surface area contributed by atoms with E-state index in [1.54, 1.807) is 12.3 Å². The molecule has 114 valence electrons. The Kier molecular flexibility index (Phi) is 4.55. The molecule has 2 rings (SSSR count). The molecule has 0 atom stereocenters. The lowest BCUT2D eigenvalue weighted by Gasteiger charge is -2.20. The maximum Gasteiger partial charge on any atom is 0.244 e. The molecule has 0 radical (unpaired) electrons. The summed E-state index contributed by atoms with van der Waals surface area (Å²) >= 11 is 1.32. The van der Waals surface area contributed by atoms with Crippen molar-refractivity contribution in [2.45, 2.75) is 24.8 Å². The summed E-state index contributed by atoms with van der Waals surface area (Å²) in [5.41, 5.74) is 6.26. The molecule has 0 spiro atoms. The zero-order valence-electron chi connectivity index (χ0n) is 11.2. The first kappa shape index (κ1) is 15.9. The van der Waals surface area contributed by atoms with Gasteiger partial charge in [-0.1, -0.05) is 0 Å². The Morgan fingerprint density at radius 3 is 2.70 bits per heavy atom. The molecule has 1 aliphatic rings. The van der Waals surface area contributed by atoms with Gasteiger partial charge in [0.05, 0.1) is 11.5 Å². The number of aryl methyl sites for hydroxylation is 1. The number of hydrogen-bond acceptors (Lipinski definition) is 6. The van der Waals surface area contributed by atoms with Gasteiger partial charge in [-0.15, -0.1) is 11.3 Å². The average Bonchev–Trinajstić information content (AvgIpc) is 2.64. The number of nitrogens with two attached hydrogens (primary N) is 1. The van der Waals surface area contributed by atoms with Crippen molar-refractivity contribution in [1.82, 2.24) is 4.31 Å². The summed E-state index contributed by atoms with van der Waals surface area (Å²) in [6, 6.07) is 0. The van der Waals surface area contributed by atoms with E-state index in [4.69, 9.17) is 5.73 Å². The first-order chi connectivity index (χ1) is 9.28. The van der Waals surface area contributed by atoms with Gasteiger partial charge in [-0.2, -0.15) is 4.31 Å². The Hall–Kier alpha value is -0.480. The minimum absolute atomic E-state index is 0.0178. The molecule has 2 heterocycles. The second-order valence-electron chi connectivity index (χ2n) is 4.78. The molecule has 1 saturated heterocycles. The monoisotopic (exact) mass is 338 g/mol. The van der Waals surface area contributed by atoms with Crippen molar-refractivity contribution >= 4 is 31.2 Å². The molecule has 1 aromatic heterocycles. The number of rotatable bonds is 3. The van der Waals surface area contributed by atoms with E-state index in [2.05, 4.69) is 0 Å². The van der Waals surface area contributed by atoms with E-state index in [1.165, 1.54) is 15.6 Å². The van der Waals surface area contributed by atoms with Gasteiger partial charge < -0.3 is 5.73 Å². The number of hydrogen-bond donors (Lipinski definition) is 1. The zero-order valence-corrected chi connectivity index (χ0v) is 13.7. The Labute approximate surface area is 123 Å². The lowest BCUT2D eigenvalue weighted by Crippen LogP contribution is -2.34. The van der Waals surface area contributed by atoms with Crippen molar-refractivity contribution in [3.63, 3.8) is 0 Å². The van der Waals surface area contributed by atoms with Crippen LogP contribution < -0.4 is 5.73 Å². The topological polar surface area (TPSA) is 97.5 Å². The molecule has 0 bridgehead atoms. The molecular formula is C11H18N2O4S3. The van der Waals surface area contributed by atoms with Gasteiger partial charge in [0, 0.05) is 24.5 Å². The number of sulfone groups is 1. The molecule has 0 saturated carbocycles. The fourth-order valence-electron chi connectivity index (χ4n) is 2.26. The van der Waals surface area contributed by atoms with Gasteiger partial charge in [0.15, 0.2) is 9.84 Å². The van der Waals surface area contributed by atoms with E-state index >= 15 is 0 Å². The molecule has 20 heavy (non-hydrogen) atoms. The molecule has 1 fully saturated rings. The predicted molar refractivity (Wildman–Crippen MR) is 79.0 cm³/mol. The third-order valence-corrected chi connectivity index (χ3v) is 8.39. The van der Waals surface area contributed by atoms with Crippen LogP contribution in [0, 0.1) is 6.92 Å². The van der Waals surface area contributed by atoms with Gasteiger partial charge >= 0.3 is 0 Å². The van der Waals surface area contributed by atoms with Crippen molar-refractivity contribution in [2.75, 3.05) is 24.6 Å². The number of thiophene rings is 1. The highest BCUT2D eigenvalue weighted by Gasteiger charge is 2.32. The second kappa shape index (κ2) is 5.72. The lowest BCUT2D eigenvalue weighted by atomic mass is 10.3. The molecule has 1 aromatic rings. The highest BCUT2D eigenvalue weighted by molar-refractivity contribution is 7.91. The van der Waals surface area contributed by atoms with Gasteiger partial charge in [-0.25, -0.2) is 16.8 Å². The second-order valence-corrected chi connectivity index (χ2v) is 9.93. The van der Waals surface area contributed by atoms with Crippen molar-refractivity contribution in [1.29, 1.82) is 0 Å². The van der Waals surface area contributed by atoms with Gasteiger partial charge in [-0.05, 0) is 24.3 Å². The lowest BCUT2D eigenvalue weighted by molar-refractivity contribution is 0.434. The SMILES string of the molecule is Cc1csc(CN)c1S(=O)(=O)N1CCCS(=O)(=O)CC1. The van der Waals surface area contributed by atoms with Gasteiger partial charge in [0.25, 0.3) is 0 Å². The highest BCUT2D eigenvalue weighted by atomic mass is 32.2. The summed E-state index contributed by atoms with van der Waals surface area (Å²) in [6.07, 6.45) is 0.336. The first-order valence-electron chi connectivity index (χ1n) is 6.25. The van der Waals surface area contributed by atoms with E-state index < -0.39 is 19.9 Å². The molecular weight excluding hydrogens is 320 g/mol. The van der Waals surface area contributed by atoms with Gasteiger partial charge in [0.1, 0.15) is 4.90 Å². The quantitative estimate of drug-likeness (QED) is 0.856. The molecule has 0 aliphatic carbocycles. The average molecular weight is 338 g/mol. The van der Waals surface area contributed by atoms with Crippen LogP contribution >= 0.6 is 11.3 Å². The van der Waals surface area contributed by atoms with Crippen molar-refractivity contribution in [3.05, 3.63) is 15.8 Å². The third-order valence-electron chi connectivity index (χ3n) is 3.29. The number of nitrogens with zero attached hydrogens (tertiary/aromatic N) is 1. The minimum atomic E-state index is -3.67. The molecule has 2 N–H and O–H groups in total. The van der Waals surface area contributed by atoms with E-state index in [0.29, 0.717) is 16.9 Å². The van der Waals surface area contributed by atoms with Crippen LogP contribution in [0.1, 0.15) is 16.9 Å². The Bertz CT molecular complexity index is 691. The Morgan fingerprint density at radius 1 is 1.35 bits per heavy atom. The minimum Gasteiger partial charge on any atom is -0.326 e. The van der Waals surface area contributed by atoms with Crippen LogP contribution in [-0.4, -0.2) is 45.7 Å². The fraction of sp³-hybridized carbons (Fsp3) is 0.636. The maximum atomic E-state index is 12.7. The van der Waals surface area contributed by atoms with Crippen LogP contribution in [0.2, 0.25) is 0 Å². The van der Waals surface area contributed by atoms with Gasteiger partial charge in [-0.3, -0.25) is 0 Å². The van der Waals surface area contributed by atoms with E-state index in [1.807, 2.05) is 0 Å². The van der Waals surface area contributed by atoms with Gasteiger partial charge in [0.2, 0.25) is 10.0 Å². The van der Waals surface area contributed by atoms with E-state index in [0.717, 1.165) is 0 Å². The smallest absolute Gasteiger partial charge is 0.244 e. The van der Waals surface area contributed by atoms with Crippen molar-refractivity contribution in [2.24, 2.45) is 5.73 Å². The predicted octanol–water partition coefficient (Wildman–Crippen LogP) is 0.324. The van der Waals surface area contributed by atoms with Crippen LogP contribution in [0.25, 0.3) is 0 Å². The molecule has 1 aliphatic heterocycles. The normalized spacial score (nSPS) is 20.7. The Balaban J connectivity index is 2.37. The summed E-state index contributed by atoms with van der Waals surface area (Å²) in [6.45, 7) is 2.15. The third kappa shape index (κ3) is 3.06. The van der Waals surface area contributed by atoms with E-state index in [-0.39, 0.29) is 36.0 Å². The van der Waals surface area contributed by atoms with E-state index in [9.17, 15) is 16.8 Å². The molecule has 6 nitrogen and oxygen atoms in total. The molecule has 0 unspecified atom stereocenters. The summed E-state index contributed by atoms with van der Waals surface area (Å²) in [5.74, 6) is -0.0707. The summed E-state index contributed by atoms with van der Waals surface area (Å²) in [4.78, 5) is 0.874. The van der Waals surface area contributed by atoms with Crippen LogP contribution in [0.3, 0.4) is 0 Å². The molecule has 0 amide bonds. The fourth-order valence-corrected chi connectivity index (χ4v) is 6.78. The molecule has 9 heteroatoms. The van der Waals surface area contributed by atoms with Crippen LogP contribution in [0.5, 0.6) is 0 Å².